The van der Waals surface area contributed by atoms with Crippen molar-refractivity contribution in [3.8, 4) is 0 Å². The molecule has 0 aliphatic heterocycles. The minimum absolute atomic E-state index is 0.0473. The summed E-state index contributed by atoms with van der Waals surface area (Å²) in [6, 6.07) is 13.6. The van der Waals surface area contributed by atoms with E-state index in [0.29, 0.717) is 18.8 Å². The molecule has 1 aliphatic carbocycles. The molecule has 1 atom stereocenters. The second-order valence-corrected chi connectivity index (χ2v) is 8.00. The molecule has 0 radical (unpaired) electrons. The van der Waals surface area contributed by atoms with Crippen LogP contribution in [0.25, 0.3) is 6.08 Å². The van der Waals surface area contributed by atoms with Gasteiger partial charge in [0.05, 0.1) is 5.56 Å². The van der Waals surface area contributed by atoms with Crippen LogP contribution in [0.4, 0.5) is 24.7 Å². The maximum Gasteiger partial charge on any atom is 0.417 e. The molecule has 3 aromatic rings. The van der Waals surface area contributed by atoms with E-state index in [1.807, 2.05) is 36.4 Å². The first-order valence-corrected chi connectivity index (χ1v) is 10.6. The number of halogens is 3. The van der Waals surface area contributed by atoms with Crippen LogP contribution in [-0.4, -0.2) is 15.9 Å². The number of aromatic nitrogens is 2. The van der Waals surface area contributed by atoms with Gasteiger partial charge < -0.3 is 10.6 Å². The first-order valence-electron chi connectivity index (χ1n) is 10.6. The van der Waals surface area contributed by atoms with Crippen molar-refractivity contribution in [1.82, 2.24) is 15.3 Å². The van der Waals surface area contributed by atoms with Crippen LogP contribution in [0.1, 0.15) is 36.0 Å². The second kappa shape index (κ2) is 9.85. The van der Waals surface area contributed by atoms with E-state index in [1.54, 1.807) is 12.4 Å². The van der Waals surface area contributed by atoms with Crippen LogP contribution in [0.5, 0.6) is 0 Å². The summed E-state index contributed by atoms with van der Waals surface area (Å²) >= 11 is 0. The van der Waals surface area contributed by atoms with Gasteiger partial charge in [-0.05, 0) is 60.7 Å². The van der Waals surface area contributed by atoms with Crippen molar-refractivity contribution in [1.29, 1.82) is 0 Å². The zero-order chi connectivity index (χ0) is 23.3. The van der Waals surface area contributed by atoms with Crippen LogP contribution < -0.4 is 10.6 Å². The molecule has 8 heteroatoms. The zero-order valence-corrected chi connectivity index (χ0v) is 17.8. The van der Waals surface area contributed by atoms with E-state index in [2.05, 4.69) is 26.7 Å². The van der Waals surface area contributed by atoms with Crippen molar-refractivity contribution >= 4 is 23.5 Å². The first kappa shape index (κ1) is 22.5. The molecule has 1 saturated carbocycles. The maximum atomic E-state index is 12.7. The number of nitrogens with zero attached hydrogens (tertiary/aromatic N) is 2. The fraction of sp³-hybridized carbons (Fsp3) is 0.240. The number of pyridine rings is 2. The van der Waals surface area contributed by atoms with Gasteiger partial charge in [0.25, 0.3) is 0 Å². The predicted molar refractivity (Wildman–Crippen MR) is 120 cm³/mol. The van der Waals surface area contributed by atoms with Crippen LogP contribution in [0.3, 0.4) is 0 Å². The highest BCUT2D eigenvalue weighted by molar-refractivity contribution is 5.80. The van der Waals surface area contributed by atoms with E-state index in [1.165, 1.54) is 11.6 Å². The molecule has 0 bridgehead atoms. The van der Waals surface area contributed by atoms with Crippen molar-refractivity contribution in [3.05, 3.63) is 89.4 Å². The minimum Gasteiger partial charge on any atom is -0.352 e. The van der Waals surface area contributed by atoms with E-state index in [0.717, 1.165) is 41.9 Å². The van der Waals surface area contributed by atoms with Gasteiger partial charge in [-0.15, -0.1) is 0 Å². The maximum absolute atomic E-state index is 12.7. The predicted octanol–water partition coefficient (Wildman–Crippen LogP) is 5.74. The van der Waals surface area contributed by atoms with Crippen molar-refractivity contribution in [3.63, 3.8) is 0 Å². The Morgan fingerprint density at radius 3 is 2.73 bits per heavy atom. The van der Waals surface area contributed by atoms with Crippen LogP contribution in [0.15, 0.2) is 72.7 Å². The Labute approximate surface area is 189 Å². The Morgan fingerprint density at radius 2 is 2.00 bits per heavy atom. The Hall–Kier alpha value is -3.68. The first-order chi connectivity index (χ1) is 15.9. The van der Waals surface area contributed by atoms with Crippen LogP contribution in [0, 0.1) is 5.92 Å². The lowest BCUT2D eigenvalue weighted by Crippen LogP contribution is -2.28. The summed E-state index contributed by atoms with van der Waals surface area (Å²) in [4.78, 5) is 20.4. The Kier molecular flexibility index (Phi) is 6.72. The largest absolute Gasteiger partial charge is 0.417 e. The summed E-state index contributed by atoms with van der Waals surface area (Å²) in [5.74, 6) is 0.329. The molecular weight excluding hydrogens is 429 g/mol. The normalized spacial score (nSPS) is 17.2. The minimum atomic E-state index is -4.41. The zero-order valence-electron chi connectivity index (χ0n) is 17.8. The molecule has 1 aromatic carbocycles. The smallest absolute Gasteiger partial charge is 0.352 e. The van der Waals surface area contributed by atoms with E-state index in [-0.39, 0.29) is 11.8 Å². The van der Waals surface area contributed by atoms with E-state index < -0.39 is 11.7 Å². The topological polar surface area (TPSA) is 66.9 Å². The number of allylic oxidation sites excluding steroid dienone is 1. The van der Waals surface area contributed by atoms with Crippen molar-refractivity contribution in [2.75, 3.05) is 5.32 Å². The van der Waals surface area contributed by atoms with E-state index in [9.17, 15) is 18.0 Å². The number of anilines is 2. The fourth-order valence-electron chi connectivity index (χ4n) is 3.80. The number of carbonyl (C=O) groups excluding carboxylic acids is 1. The summed E-state index contributed by atoms with van der Waals surface area (Å²) in [5, 5.41) is 6.01. The second-order valence-electron chi connectivity index (χ2n) is 8.00. The SMILES string of the molecule is O=C(NCc1cccnc1)C1CCC(=Cc2cccc(Nc3ccc(C(F)(F)F)cn3)c2)C1. The summed E-state index contributed by atoms with van der Waals surface area (Å²) in [6.45, 7) is 0.466. The molecule has 5 nitrogen and oxygen atoms in total. The highest BCUT2D eigenvalue weighted by Crippen LogP contribution is 2.33. The standard InChI is InChI=1S/C25H23F3N4O/c26-25(27,28)21-8-9-23(30-16-21)32-22-5-1-3-17(13-22)11-18-6-7-20(12-18)24(33)31-15-19-4-2-10-29-14-19/h1-5,8-11,13-14,16,20H,6-7,12,15H2,(H,30,32)(H,31,33). The molecule has 1 unspecified atom stereocenters. The molecule has 1 amide bonds. The average Bonchev–Trinajstić information content (AvgIpc) is 3.27. The molecular formula is C25H23F3N4O. The van der Waals surface area contributed by atoms with Gasteiger partial charge in [-0.25, -0.2) is 4.98 Å². The number of hydrogen-bond donors (Lipinski definition) is 2. The van der Waals surface area contributed by atoms with Gasteiger partial charge in [0.1, 0.15) is 5.82 Å². The number of carbonyl (C=O) groups is 1. The molecule has 2 heterocycles. The van der Waals surface area contributed by atoms with Gasteiger partial charge in [-0.1, -0.05) is 29.8 Å². The van der Waals surface area contributed by atoms with Gasteiger partial charge >= 0.3 is 6.18 Å². The van der Waals surface area contributed by atoms with Gasteiger partial charge in [0, 0.05) is 36.7 Å². The summed E-state index contributed by atoms with van der Waals surface area (Å²) < 4.78 is 38.1. The van der Waals surface area contributed by atoms with Crippen molar-refractivity contribution in [2.24, 2.45) is 5.92 Å². The Bertz CT molecular complexity index is 1130. The van der Waals surface area contributed by atoms with Gasteiger partial charge in [-0.3, -0.25) is 9.78 Å². The lowest BCUT2D eigenvalue weighted by Gasteiger charge is -2.10. The van der Waals surface area contributed by atoms with Crippen LogP contribution >= 0.6 is 0 Å². The highest BCUT2D eigenvalue weighted by Gasteiger charge is 2.30. The van der Waals surface area contributed by atoms with Crippen molar-refractivity contribution < 1.29 is 18.0 Å². The van der Waals surface area contributed by atoms with Gasteiger partial charge in [0.2, 0.25) is 5.91 Å². The van der Waals surface area contributed by atoms with E-state index in [4.69, 9.17) is 0 Å². The third-order valence-corrected chi connectivity index (χ3v) is 5.50. The summed E-state index contributed by atoms with van der Waals surface area (Å²) in [6.07, 6.45) is 4.27. The summed E-state index contributed by atoms with van der Waals surface area (Å²) in [7, 11) is 0. The summed E-state index contributed by atoms with van der Waals surface area (Å²) in [5.41, 5.74) is 3.05. The number of hydrogen-bond acceptors (Lipinski definition) is 4. The quantitative estimate of drug-likeness (QED) is 0.501. The molecule has 0 saturated heterocycles. The highest BCUT2D eigenvalue weighted by atomic mass is 19.4. The lowest BCUT2D eigenvalue weighted by atomic mass is 10.1. The number of alkyl halides is 3. The fourth-order valence-corrected chi connectivity index (χ4v) is 3.80. The third-order valence-electron chi connectivity index (χ3n) is 5.50. The molecule has 170 valence electrons. The number of benzene rings is 1. The molecule has 0 spiro atoms. The number of rotatable bonds is 6. The monoisotopic (exact) mass is 452 g/mol. The molecule has 2 aromatic heterocycles. The number of amides is 1. The van der Waals surface area contributed by atoms with Gasteiger partial charge in [0.15, 0.2) is 0 Å². The molecule has 1 aliphatic rings. The van der Waals surface area contributed by atoms with Gasteiger partial charge in [-0.2, -0.15) is 13.2 Å². The number of nitrogens with one attached hydrogen (secondary N) is 2. The molecule has 33 heavy (non-hydrogen) atoms. The average molecular weight is 452 g/mol. The van der Waals surface area contributed by atoms with Crippen molar-refractivity contribution in [2.45, 2.75) is 32.0 Å². The van der Waals surface area contributed by atoms with E-state index >= 15 is 0 Å². The molecule has 2 N–H and O–H groups in total. The van der Waals surface area contributed by atoms with Crippen LogP contribution in [-0.2, 0) is 17.5 Å². The third kappa shape index (κ3) is 6.19. The molecule has 4 rings (SSSR count). The Morgan fingerprint density at radius 1 is 1.12 bits per heavy atom. The lowest BCUT2D eigenvalue weighted by molar-refractivity contribution is -0.137. The molecule has 1 fully saturated rings. The van der Waals surface area contributed by atoms with Crippen LogP contribution in [0.2, 0.25) is 0 Å². The Balaban J connectivity index is 1.35.